The summed E-state index contributed by atoms with van der Waals surface area (Å²) in [6, 6.07) is 4.42. The molecule has 5 nitrogen and oxygen atoms in total. The van der Waals surface area contributed by atoms with E-state index in [2.05, 4.69) is 5.32 Å². The molecule has 17 heavy (non-hydrogen) atoms. The van der Waals surface area contributed by atoms with E-state index in [1.807, 2.05) is 6.92 Å². The van der Waals surface area contributed by atoms with Gasteiger partial charge in [0.05, 0.1) is 0 Å². The van der Waals surface area contributed by atoms with Gasteiger partial charge >= 0.3 is 5.97 Å². The van der Waals surface area contributed by atoms with Crippen LogP contribution in [0.2, 0.25) is 0 Å². The van der Waals surface area contributed by atoms with Crippen LogP contribution >= 0.6 is 0 Å². The Bertz CT molecular complexity index is 414. The van der Waals surface area contributed by atoms with Crippen molar-refractivity contribution >= 4 is 5.97 Å². The SMILES string of the molecule is CCCC(NCCn1ccccc1=O)C(=O)O. The van der Waals surface area contributed by atoms with Crippen LogP contribution in [0.5, 0.6) is 0 Å². The van der Waals surface area contributed by atoms with Crippen molar-refractivity contribution in [3.63, 3.8) is 0 Å². The van der Waals surface area contributed by atoms with Gasteiger partial charge in [-0.3, -0.25) is 9.59 Å². The topological polar surface area (TPSA) is 71.3 Å². The molecule has 0 fully saturated rings. The smallest absolute Gasteiger partial charge is 0.320 e. The molecule has 0 spiro atoms. The van der Waals surface area contributed by atoms with E-state index in [0.29, 0.717) is 19.5 Å². The van der Waals surface area contributed by atoms with Crippen LogP contribution in [0.3, 0.4) is 0 Å². The molecule has 0 amide bonds. The van der Waals surface area contributed by atoms with E-state index < -0.39 is 12.0 Å². The number of nitrogens with zero attached hydrogens (tertiary/aromatic N) is 1. The van der Waals surface area contributed by atoms with E-state index >= 15 is 0 Å². The van der Waals surface area contributed by atoms with Crippen LogP contribution in [0.1, 0.15) is 19.8 Å². The minimum Gasteiger partial charge on any atom is -0.480 e. The molecule has 0 aliphatic heterocycles. The number of nitrogens with one attached hydrogen (secondary N) is 1. The average Bonchev–Trinajstić information content (AvgIpc) is 2.30. The third-order valence-electron chi connectivity index (χ3n) is 2.52. The molecule has 94 valence electrons. The van der Waals surface area contributed by atoms with Crippen molar-refractivity contribution in [3.8, 4) is 0 Å². The number of carboxylic acid groups (broad SMARTS) is 1. The summed E-state index contributed by atoms with van der Waals surface area (Å²) in [5.74, 6) is -0.841. The molecule has 1 aromatic rings. The number of aromatic nitrogens is 1. The molecular weight excluding hydrogens is 220 g/mol. The highest BCUT2D eigenvalue weighted by Crippen LogP contribution is 1.96. The molecule has 1 rings (SSSR count). The zero-order valence-electron chi connectivity index (χ0n) is 9.93. The Kier molecular flexibility index (Phi) is 5.42. The van der Waals surface area contributed by atoms with Crippen molar-refractivity contribution in [1.29, 1.82) is 0 Å². The van der Waals surface area contributed by atoms with E-state index in [0.717, 1.165) is 6.42 Å². The summed E-state index contributed by atoms with van der Waals surface area (Å²) in [4.78, 5) is 22.2. The largest absolute Gasteiger partial charge is 0.480 e. The van der Waals surface area contributed by atoms with E-state index in [9.17, 15) is 9.59 Å². The molecule has 1 aromatic heterocycles. The monoisotopic (exact) mass is 238 g/mol. The zero-order chi connectivity index (χ0) is 12.7. The number of rotatable bonds is 7. The first-order chi connectivity index (χ1) is 8.15. The van der Waals surface area contributed by atoms with Gasteiger partial charge in [-0.05, 0) is 12.5 Å². The maximum absolute atomic E-state index is 11.4. The van der Waals surface area contributed by atoms with Gasteiger partial charge in [0.1, 0.15) is 6.04 Å². The minimum atomic E-state index is -0.841. The van der Waals surface area contributed by atoms with Gasteiger partial charge in [0, 0.05) is 25.4 Å². The van der Waals surface area contributed by atoms with Gasteiger partial charge in [-0.2, -0.15) is 0 Å². The van der Waals surface area contributed by atoms with Gasteiger partial charge in [0.15, 0.2) is 0 Å². The molecule has 0 bridgehead atoms. The van der Waals surface area contributed by atoms with Crippen LogP contribution in [0.4, 0.5) is 0 Å². The van der Waals surface area contributed by atoms with Crippen LogP contribution in [0.15, 0.2) is 29.2 Å². The summed E-state index contributed by atoms with van der Waals surface area (Å²) in [6.45, 7) is 2.90. The van der Waals surface area contributed by atoms with Crippen molar-refractivity contribution in [1.82, 2.24) is 9.88 Å². The molecule has 0 radical (unpaired) electrons. The highest BCUT2D eigenvalue weighted by Gasteiger charge is 2.14. The van der Waals surface area contributed by atoms with E-state index in [1.165, 1.54) is 6.07 Å². The Morgan fingerprint density at radius 2 is 2.29 bits per heavy atom. The Hall–Kier alpha value is -1.62. The lowest BCUT2D eigenvalue weighted by Crippen LogP contribution is -2.39. The summed E-state index contributed by atoms with van der Waals surface area (Å²) in [6.07, 6.45) is 3.11. The molecule has 0 aliphatic rings. The number of hydrogen-bond acceptors (Lipinski definition) is 3. The third kappa shape index (κ3) is 4.40. The normalized spacial score (nSPS) is 12.3. The van der Waals surface area contributed by atoms with Crippen molar-refractivity contribution in [2.45, 2.75) is 32.4 Å². The Morgan fingerprint density at radius 1 is 1.53 bits per heavy atom. The fourth-order valence-corrected chi connectivity index (χ4v) is 1.61. The van der Waals surface area contributed by atoms with E-state index in [1.54, 1.807) is 22.9 Å². The average molecular weight is 238 g/mol. The fraction of sp³-hybridized carbons (Fsp3) is 0.500. The van der Waals surface area contributed by atoms with Gasteiger partial charge in [0.25, 0.3) is 5.56 Å². The summed E-state index contributed by atoms with van der Waals surface area (Å²) in [5.41, 5.74) is -0.0725. The first-order valence-corrected chi connectivity index (χ1v) is 5.76. The lowest BCUT2D eigenvalue weighted by Gasteiger charge is -2.13. The fourth-order valence-electron chi connectivity index (χ4n) is 1.61. The van der Waals surface area contributed by atoms with Crippen LogP contribution < -0.4 is 10.9 Å². The Morgan fingerprint density at radius 3 is 2.88 bits per heavy atom. The van der Waals surface area contributed by atoms with Crippen molar-refractivity contribution in [2.24, 2.45) is 0 Å². The summed E-state index contributed by atoms with van der Waals surface area (Å²) >= 11 is 0. The van der Waals surface area contributed by atoms with Gasteiger partial charge in [-0.15, -0.1) is 0 Å². The number of carboxylic acids is 1. The molecule has 0 saturated heterocycles. The number of hydrogen-bond donors (Lipinski definition) is 2. The summed E-state index contributed by atoms with van der Waals surface area (Å²) < 4.78 is 1.55. The molecule has 0 saturated carbocycles. The second-order valence-electron chi connectivity index (χ2n) is 3.87. The van der Waals surface area contributed by atoms with Crippen molar-refractivity contribution in [3.05, 3.63) is 34.7 Å². The highest BCUT2D eigenvalue weighted by molar-refractivity contribution is 5.73. The standard InChI is InChI=1S/C12H18N2O3/c1-2-5-10(12(16)17)13-7-9-14-8-4-3-6-11(14)15/h3-4,6,8,10,13H,2,5,7,9H2,1H3,(H,16,17). The number of pyridine rings is 1. The van der Waals surface area contributed by atoms with Gasteiger partial charge in [0.2, 0.25) is 0 Å². The first kappa shape index (κ1) is 13.4. The molecule has 1 heterocycles. The van der Waals surface area contributed by atoms with Crippen molar-refractivity contribution in [2.75, 3.05) is 6.54 Å². The molecule has 2 N–H and O–H groups in total. The molecule has 0 aromatic carbocycles. The maximum atomic E-state index is 11.4. The van der Waals surface area contributed by atoms with E-state index in [-0.39, 0.29) is 5.56 Å². The predicted octanol–water partition coefficient (Wildman–Crippen LogP) is 0.691. The molecular formula is C12H18N2O3. The first-order valence-electron chi connectivity index (χ1n) is 5.76. The zero-order valence-corrected chi connectivity index (χ0v) is 9.93. The molecule has 0 aliphatic carbocycles. The van der Waals surface area contributed by atoms with Gasteiger partial charge in [-0.1, -0.05) is 19.4 Å². The van der Waals surface area contributed by atoms with E-state index in [4.69, 9.17) is 5.11 Å². The lowest BCUT2D eigenvalue weighted by molar-refractivity contribution is -0.139. The van der Waals surface area contributed by atoms with Crippen molar-refractivity contribution < 1.29 is 9.90 Å². The molecule has 1 atom stereocenters. The van der Waals surface area contributed by atoms with Gasteiger partial charge in [-0.25, -0.2) is 0 Å². The number of aliphatic carboxylic acids is 1. The Labute approximate surface area is 100 Å². The Balaban J connectivity index is 2.44. The summed E-state index contributed by atoms with van der Waals surface area (Å²) in [5, 5.41) is 11.9. The quantitative estimate of drug-likeness (QED) is 0.733. The third-order valence-corrected chi connectivity index (χ3v) is 2.52. The van der Waals surface area contributed by atoms with Crippen LogP contribution in [-0.4, -0.2) is 28.2 Å². The van der Waals surface area contributed by atoms with Crippen LogP contribution in [0, 0.1) is 0 Å². The van der Waals surface area contributed by atoms with Crippen LogP contribution in [0.25, 0.3) is 0 Å². The minimum absolute atomic E-state index is 0.0725. The molecule has 5 heteroatoms. The molecule has 1 unspecified atom stereocenters. The second kappa shape index (κ2) is 6.85. The second-order valence-corrected chi connectivity index (χ2v) is 3.87. The lowest BCUT2D eigenvalue weighted by atomic mass is 10.2. The van der Waals surface area contributed by atoms with Gasteiger partial charge < -0.3 is 15.0 Å². The maximum Gasteiger partial charge on any atom is 0.320 e. The highest BCUT2D eigenvalue weighted by atomic mass is 16.4. The summed E-state index contributed by atoms with van der Waals surface area (Å²) in [7, 11) is 0. The number of carbonyl (C=O) groups is 1. The van der Waals surface area contributed by atoms with Crippen LogP contribution in [-0.2, 0) is 11.3 Å². The predicted molar refractivity (Wildman–Crippen MR) is 65.0 cm³/mol.